The summed E-state index contributed by atoms with van der Waals surface area (Å²) in [6.45, 7) is 5.73. The minimum atomic E-state index is -0.272. The van der Waals surface area contributed by atoms with Gasteiger partial charge in [0, 0.05) is 18.0 Å². The van der Waals surface area contributed by atoms with Crippen LogP contribution in [0, 0.1) is 12.7 Å². The first-order valence-corrected chi connectivity index (χ1v) is 4.90. The van der Waals surface area contributed by atoms with E-state index in [2.05, 4.69) is 16.5 Å². The van der Waals surface area contributed by atoms with E-state index < -0.39 is 0 Å². The van der Waals surface area contributed by atoms with Gasteiger partial charge >= 0.3 is 0 Å². The average Bonchev–Trinajstić information content (AvgIpc) is 2.29. The van der Waals surface area contributed by atoms with Crippen molar-refractivity contribution >= 4 is 5.57 Å². The molecule has 2 nitrogen and oxygen atoms in total. The zero-order valence-electron chi connectivity index (χ0n) is 8.94. The Hall–Kier alpha value is -2.03. The Morgan fingerprint density at radius 3 is 2.50 bits per heavy atom. The molecule has 2 aromatic rings. The second-order valence-electron chi connectivity index (χ2n) is 3.51. The smallest absolute Gasteiger partial charge is 0.125 e. The van der Waals surface area contributed by atoms with Crippen molar-refractivity contribution in [2.45, 2.75) is 6.92 Å². The van der Waals surface area contributed by atoms with Gasteiger partial charge in [-0.15, -0.1) is 0 Å². The van der Waals surface area contributed by atoms with Gasteiger partial charge in [-0.05, 0) is 30.2 Å². The highest BCUT2D eigenvalue weighted by Crippen LogP contribution is 2.20. The predicted molar refractivity (Wildman–Crippen MR) is 61.3 cm³/mol. The fourth-order valence-corrected chi connectivity index (χ4v) is 1.39. The van der Waals surface area contributed by atoms with Crippen LogP contribution in [0.25, 0.3) is 5.57 Å². The number of hydrogen-bond donors (Lipinski definition) is 0. The van der Waals surface area contributed by atoms with Crippen LogP contribution in [0.1, 0.15) is 17.0 Å². The Morgan fingerprint density at radius 2 is 1.88 bits per heavy atom. The Balaban J connectivity index is 2.35. The largest absolute Gasteiger partial charge is 0.241 e. The molecule has 0 radical (unpaired) electrons. The van der Waals surface area contributed by atoms with Crippen molar-refractivity contribution < 1.29 is 4.39 Å². The molecule has 1 aromatic carbocycles. The molecule has 0 saturated carbocycles. The third-order valence-corrected chi connectivity index (χ3v) is 2.30. The molecule has 0 aliphatic heterocycles. The summed E-state index contributed by atoms with van der Waals surface area (Å²) in [4.78, 5) is 8.16. The quantitative estimate of drug-likeness (QED) is 0.768. The minimum absolute atomic E-state index is 0.272. The van der Waals surface area contributed by atoms with Gasteiger partial charge in [0.05, 0.1) is 0 Å². The van der Waals surface area contributed by atoms with E-state index in [0.29, 0.717) is 5.82 Å². The van der Waals surface area contributed by atoms with Crippen LogP contribution in [0.15, 0.2) is 43.2 Å². The Bertz CT molecular complexity index is 518. The van der Waals surface area contributed by atoms with Gasteiger partial charge in [0.1, 0.15) is 11.6 Å². The minimum Gasteiger partial charge on any atom is -0.241 e. The number of nitrogens with zero attached hydrogens (tertiary/aromatic N) is 2. The van der Waals surface area contributed by atoms with Crippen molar-refractivity contribution in [2.75, 3.05) is 0 Å². The summed E-state index contributed by atoms with van der Waals surface area (Å²) in [6.07, 6.45) is 3.38. The molecule has 0 bridgehead atoms. The lowest BCUT2D eigenvalue weighted by molar-refractivity contribution is 0.627. The highest BCUT2D eigenvalue weighted by atomic mass is 19.1. The van der Waals surface area contributed by atoms with Crippen molar-refractivity contribution in [1.29, 1.82) is 0 Å². The lowest BCUT2D eigenvalue weighted by Crippen LogP contribution is -1.92. The van der Waals surface area contributed by atoms with Crippen LogP contribution >= 0.6 is 0 Å². The van der Waals surface area contributed by atoms with Gasteiger partial charge in [-0.1, -0.05) is 18.7 Å². The monoisotopic (exact) mass is 214 g/mol. The van der Waals surface area contributed by atoms with E-state index >= 15 is 0 Å². The van der Waals surface area contributed by atoms with Crippen LogP contribution in [-0.4, -0.2) is 9.97 Å². The van der Waals surface area contributed by atoms with Crippen LogP contribution in [0.2, 0.25) is 0 Å². The zero-order valence-corrected chi connectivity index (χ0v) is 8.94. The van der Waals surface area contributed by atoms with Gasteiger partial charge < -0.3 is 0 Å². The van der Waals surface area contributed by atoms with Crippen LogP contribution in [0.3, 0.4) is 0 Å². The highest BCUT2D eigenvalue weighted by Gasteiger charge is 2.04. The molecule has 0 saturated heterocycles. The first-order valence-electron chi connectivity index (χ1n) is 4.90. The molecular weight excluding hydrogens is 203 g/mol. The summed E-state index contributed by atoms with van der Waals surface area (Å²) < 4.78 is 13.0. The topological polar surface area (TPSA) is 25.8 Å². The normalized spacial score (nSPS) is 10.1. The van der Waals surface area contributed by atoms with Gasteiger partial charge in [-0.2, -0.15) is 0 Å². The van der Waals surface area contributed by atoms with E-state index in [4.69, 9.17) is 0 Å². The molecule has 80 valence electrons. The zero-order chi connectivity index (χ0) is 11.5. The van der Waals surface area contributed by atoms with Crippen molar-refractivity contribution in [2.24, 2.45) is 0 Å². The Morgan fingerprint density at radius 1 is 1.19 bits per heavy atom. The number of rotatable bonds is 2. The maximum atomic E-state index is 13.0. The molecule has 0 aliphatic rings. The summed E-state index contributed by atoms with van der Waals surface area (Å²) in [5, 5.41) is 0. The molecule has 3 heteroatoms. The van der Waals surface area contributed by atoms with E-state index in [9.17, 15) is 4.39 Å². The molecule has 1 aromatic heterocycles. The molecule has 0 atom stereocenters. The Labute approximate surface area is 93.5 Å². The van der Waals surface area contributed by atoms with Crippen LogP contribution in [-0.2, 0) is 0 Å². The number of aryl methyl sites for hydroxylation is 1. The fourth-order valence-electron chi connectivity index (χ4n) is 1.39. The SMILES string of the molecule is C=C(c1cnc(C)nc1)c1cccc(F)c1. The molecule has 1 heterocycles. The third kappa shape index (κ3) is 2.14. The highest BCUT2D eigenvalue weighted by molar-refractivity contribution is 5.77. The average molecular weight is 214 g/mol. The first-order chi connectivity index (χ1) is 7.66. The van der Waals surface area contributed by atoms with Gasteiger partial charge in [-0.3, -0.25) is 0 Å². The molecule has 2 rings (SSSR count). The van der Waals surface area contributed by atoms with Crippen molar-refractivity contribution in [3.63, 3.8) is 0 Å². The van der Waals surface area contributed by atoms with Gasteiger partial charge in [0.15, 0.2) is 0 Å². The molecule has 0 amide bonds. The van der Waals surface area contributed by atoms with Crippen LogP contribution in [0.4, 0.5) is 4.39 Å². The van der Waals surface area contributed by atoms with Crippen molar-refractivity contribution in [3.05, 3.63) is 66.0 Å². The lowest BCUT2D eigenvalue weighted by Gasteiger charge is -2.05. The summed E-state index contributed by atoms with van der Waals surface area (Å²) in [6, 6.07) is 6.32. The third-order valence-electron chi connectivity index (χ3n) is 2.30. The maximum Gasteiger partial charge on any atom is 0.125 e. The number of hydrogen-bond acceptors (Lipinski definition) is 2. The maximum absolute atomic E-state index is 13.0. The predicted octanol–water partition coefficient (Wildman–Crippen LogP) is 2.99. The number of benzene rings is 1. The Kier molecular flexibility index (Phi) is 2.77. The number of aromatic nitrogens is 2. The van der Waals surface area contributed by atoms with E-state index in [0.717, 1.165) is 16.7 Å². The van der Waals surface area contributed by atoms with E-state index in [1.165, 1.54) is 12.1 Å². The van der Waals surface area contributed by atoms with Crippen molar-refractivity contribution in [3.8, 4) is 0 Å². The van der Waals surface area contributed by atoms with E-state index in [1.54, 1.807) is 18.5 Å². The molecular formula is C13H11FN2. The lowest BCUT2D eigenvalue weighted by atomic mass is 10.0. The summed E-state index contributed by atoms with van der Waals surface area (Å²) in [7, 11) is 0. The second-order valence-corrected chi connectivity index (χ2v) is 3.51. The standard InChI is InChI=1S/C13H11FN2/c1-9(11-4-3-5-13(14)6-11)12-7-15-10(2)16-8-12/h3-8H,1H2,2H3. The molecule has 0 unspecified atom stereocenters. The van der Waals surface area contributed by atoms with E-state index in [1.807, 2.05) is 13.0 Å². The van der Waals surface area contributed by atoms with Crippen molar-refractivity contribution in [1.82, 2.24) is 9.97 Å². The second kappa shape index (κ2) is 4.23. The van der Waals surface area contributed by atoms with Gasteiger partial charge in [0.2, 0.25) is 0 Å². The van der Waals surface area contributed by atoms with Crippen LogP contribution < -0.4 is 0 Å². The molecule has 0 fully saturated rings. The summed E-state index contributed by atoms with van der Waals surface area (Å²) in [5.74, 6) is 0.433. The summed E-state index contributed by atoms with van der Waals surface area (Å²) in [5.41, 5.74) is 2.27. The van der Waals surface area contributed by atoms with E-state index in [-0.39, 0.29) is 5.82 Å². The summed E-state index contributed by atoms with van der Waals surface area (Å²) >= 11 is 0. The fraction of sp³-hybridized carbons (Fsp3) is 0.0769. The molecule has 0 spiro atoms. The first kappa shape index (κ1) is 10.5. The molecule has 0 aliphatic carbocycles. The molecule has 16 heavy (non-hydrogen) atoms. The molecule has 0 N–H and O–H groups in total. The van der Waals surface area contributed by atoms with Crippen LogP contribution in [0.5, 0.6) is 0 Å². The van der Waals surface area contributed by atoms with Gasteiger partial charge in [0.25, 0.3) is 0 Å². The number of halogens is 1. The van der Waals surface area contributed by atoms with Gasteiger partial charge in [-0.25, -0.2) is 14.4 Å².